The van der Waals surface area contributed by atoms with Crippen LogP contribution in [0.2, 0.25) is 0 Å². The lowest BCUT2D eigenvalue weighted by molar-refractivity contribution is 0.0525. The summed E-state index contributed by atoms with van der Waals surface area (Å²) in [6.07, 6.45) is 1.44. The van der Waals surface area contributed by atoms with Gasteiger partial charge in [0, 0.05) is 11.1 Å². The molecule has 0 aliphatic carbocycles. The number of benzene rings is 2. The van der Waals surface area contributed by atoms with E-state index in [0.29, 0.717) is 34.0 Å². The molecule has 0 saturated carbocycles. The number of rotatable bonds is 7. The summed E-state index contributed by atoms with van der Waals surface area (Å²) < 4.78 is 16.9. The van der Waals surface area contributed by atoms with Crippen molar-refractivity contribution in [1.29, 1.82) is 0 Å². The van der Waals surface area contributed by atoms with Gasteiger partial charge < -0.3 is 14.2 Å². The average molecular weight is 452 g/mol. The van der Waals surface area contributed by atoms with Crippen LogP contribution < -0.4 is 20.3 Å². The van der Waals surface area contributed by atoms with Crippen LogP contribution in [0.5, 0.6) is 11.5 Å². The molecule has 0 aliphatic rings. The molecule has 0 saturated heterocycles. The minimum absolute atomic E-state index is 0.274. The number of nitrogens with zero attached hydrogens (tertiary/aromatic N) is 2. The van der Waals surface area contributed by atoms with E-state index in [0.717, 1.165) is 0 Å². The van der Waals surface area contributed by atoms with Gasteiger partial charge in [-0.1, -0.05) is 0 Å². The van der Waals surface area contributed by atoms with E-state index in [9.17, 15) is 14.4 Å². The van der Waals surface area contributed by atoms with Crippen LogP contribution in [0, 0.1) is 6.92 Å². The van der Waals surface area contributed by atoms with Crippen LogP contribution in [0.1, 0.15) is 43.7 Å². The zero-order valence-corrected chi connectivity index (χ0v) is 18.7. The van der Waals surface area contributed by atoms with Crippen LogP contribution in [-0.4, -0.2) is 48.4 Å². The normalized spacial score (nSPS) is 10.3. The number of methoxy groups -OCH3 is 2. The maximum absolute atomic E-state index is 12.4. The first-order valence-electron chi connectivity index (χ1n) is 10.0. The molecule has 1 heterocycles. The molecular formula is C23H24N4O6. The van der Waals surface area contributed by atoms with Crippen LogP contribution in [0.25, 0.3) is 5.69 Å². The molecule has 172 valence electrons. The Morgan fingerprint density at radius 1 is 0.909 bits per heavy atom. The molecule has 1 aromatic heterocycles. The number of amides is 2. The minimum Gasteiger partial charge on any atom is -0.493 e. The van der Waals surface area contributed by atoms with Crippen molar-refractivity contribution in [2.75, 3.05) is 20.8 Å². The average Bonchev–Trinajstić information content (AvgIpc) is 3.23. The van der Waals surface area contributed by atoms with Crippen LogP contribution in [0.3, 0.4) is 0 Å². The number of ether oxygens (including phenoxy) is 3. The maximum atomic E-state index is 12.4. The molecule has 10 heteroatoms. The Kier molecular flexibility index (Phi) is 7.29. The predicted molar refractivity (Wildman–Crippen MR) is 119 cm³/mol. The number of hydrazine groups is 1. The van der Waals surface area contributed by atoms with Gasteiger partial charge in [0.05, 0.1) is 38.4 Å². The van der Waals surface area contributed by atoms with Crippen molar-refractivity contribution >= 4 is 17.8 Å². The summed E-state index contributed by atoms with van der Waals surface area (Å²) in [5.74, 6) is -0.575. The van der Waals surface area contributed by atoms with Gasteiger partial charge in [-0.15, -0.1) is 0 Å². The molecule has 2 amide bonds. The van der Waals surface area contributed by atoms with Crippen molar-refractivity contribution in [2.45, 2.75) is 13.8 Å². The second kappa shape index (κ2) is 10.3. The van der Waals surface area contributed by atoms with Gasteiger partial charge >= 0.3 is 5.97 Å². The molecule has 0 aliphatic heterocycles. The molecule has 0 bridgehead atoms. The highest BCUT2D eigenvalue weighted by atomic mass is 16.5. The molecule has 33 heavy (non-hydrogen) atoms. The van der Waals surface area contributed by atoms with E-state index >= 15 is 0 Å². The molecular weight excluding hydrogens is 428 g/mol. The molecule has 0 atom stereocenters. The molecule has 10 nitrogen and oxygen atoms in total. The molecule has 3 aromatic rings. The highest BCUT2D eigenvalue weighted by Crippen LogP contribution is 2.27. The third-order valence-electron chi connectivity index (χ3n) is 4.81. The third kappa shape index (κ3) is 5.12. The lowest BCUT2D eigenvalue weighted by atomic mass is 10.2. The maximum Gasteiger partial charge on any atom is 0.341 e. The fourth-order valence-corrected chi connectivity index (χ4v) is 3.07. The van der Waals surface area contributed by atoms with Gasteiger partial charge in [-0.3, -0.25) is 20.4 Å². The highest BCUT2D eigenvalue weighted by Gasteiger charge is 2.17. The van der Waals surface area contributed by atoms with Gasteiger partial charge in [0.15, 0.2) is 11.5 Å². The van der Waals surface area contributed by atoms with Crippen molar-refractivity contribution in [3.63, 3.8) is 0 Å². The first-order valence-corrected chi connectivity index (χ1v) is 10.0. The summed E-state index contributed by atoms with van der Waals surface area (Å²) in [5, 5.41) is 4.22. The Hall–Kier alpha value is -4.34. The van der Waals surface area contributed by atoms with Crippen LogP contribution in [-0.2, 0) is 4.74 Å². The number of carbonyl (C=O) groups excluding carboxylic acids is 3. The summed E-state index contributed by atoms with van der Waals surface area (Å²) in [5.41, 5.74) is 7.00. The summed E-state index contributed by atoms with van der Waals surface area (Å²) in [6.45, 7) is 3.76. The van der Waals surface area contributed by atoms with Gasteiger partial charge in [-0.05, 0) is 56.3 Å². The van der Waals surface area contributed by atoms with Crippen molar-refractivity contribution in [1.82, 2.24) is 20.6 Å². The Balaban J connectivity index is 1.65. The molecule has 2 N–H and O–H groups in total. The van der Waals surface area contributed by atoms with Crippen LogP contribution >= 0.6 is 0 Å². The van der Waals surface area contributed by atoms with Crippen molar-refractivity contribution < 1.29 is 28.6 Å². The van der Waals surface area contributed by atoms with Crippen molar-refractivity contribution in [2.24, 2.45) is 0 Å². The molecule has 0 spiro atoms. The third-order valence-corrected chi connectivity index (χ3v) is 4.81. The molecule has 0 fully saturated rings. The molecule has 0 radical (unpaired) electrons. The first-order chi connectivity index (χ1) is 15.9. The van der Waals surface area contributed by atoms with Gasteiger partial charge in [0.25, 0.3) is 11.8 Å². The number of carbonyl (C=O) groups is 3. The largest absolute Gasteiger partial charge is 0.493 e. The Morgan fingerprint density at radius 2 is 1.52 bits per heavy atom. The van der Waals surface area contributed by atoms with E-state index in [1.165, 1.54) is 26.5 Å². The smallest absolute Gasteiger partial charge is 0.341 e. The van der Waals surface area contributed by atoms with Crippen molar-refractivity contribution in [3.05, 3.63) is 71.0 Å². The Morgan fingerprint density at radius 3 is 2.12 bits per heavy atom. The molecule has 2 aromatic carbocycles. The standard InChI is InChI=1S/C23H24N4O6/c1-5-33-23(30)18-13-24-27(14(18)2)17-9-6-15(7-10-17)21(28)25-26-22(29)16-8-11-19(31-3)20(12-16)32-4/h6-13H,5H2,1-4H3,(H,25,28)(H,26,29). The number of esters is 1. The fraction of sp³-hybridized carbons (Fsp3) is 0.217. The summed E-state index contributed by atoms with van der Waals surface area (Å²) in [6, 6.07) is 11.2. The quantitative estimate of drug-likeness (QED) is 0.417. The minimum atomic E-state index is -0.514. The molecule has 0 unspecified atom stereocenters. The number of nitrogens with one attached hydrogen (secondary N) is 2. The summed E-state index contributed by atoms with van der Waals surface area (Å²) >= 11 is 0. The van der Waals surface area contributed by atoms with E-state index in [4.69, 9.17) is 14.2 Å². The van der Waals surface area contributed by atoms with Gasteiger partial charge in [0.2, 0.25) is 0 Å². The van der Waals surface area contributed by atoms with Crippen LogP contribution in [0.15, 0.2) is 48.7 Å². The van der Waals surface area contributed by atoms with Gasteiger partial charge in [-0.2, -0.15) is 5.10 Å². The van der Waals surface area contributed by atoms with E-state index in [-0.39, 0.29) is 12.2 Å². The number of hydrogen-bond acceptors (Lipinski definition) is 7. The lowest BCUT2D eigenvalue weighted by Gasteiger charge is -2.11. The summed E-state index contributed by atoms with van der Waals surface area (Å²) in [4.78, 5) is 36.8. The topological polar surface area (TPSA) is 121 Å². The lowest BCUT2D eigenvalue weighted by Crippen LogP contribution is -2.41. The fourth-order valence-electron chi connectivity index (χ4n) is 3.07. The van der Waals surface area contributed by atoms with Gasteiger partial charge in [0.1, 0.15) is 5.56 Å². The monoisotopic (exact) mass is 452 g/mol. The van der Waals surface area contributed by atoms with Gasteiger partial charge in [-0.25, -0.2) is 9.48 Å². The Bertz CT molecular complexity index is 1170. The van der Waals surface area contributed by atoms with E-state index in [2.05, 4.69) is 16.0 Å². The summed E-state index contributed by atoms with van der Waals surface area (Å²) in [7, 11) is 2.96. The zero-order chi connectivity index (χ0) is 24.0. The second-order valence-corrected chi connectivity index (χ2v) is 6.80. The molecule has 3 rings (SSSR count). The van der Waals surface area contributed by atoms with Crippen LogP contribution in [0.4, 0.5) is 0 Å². The van der Waals surface area contributed by atoms with E-state index < -0.39 is 17.8 Å². The number of hydrogen-bond donors (Lipinski definition) is 2. The zero-order valence-electron chi connectivity index (χ0n) is 18.7. The van der Waals surface area contributed by atoms with E-state index in [1.54, 1.807) is 54.9 Å². The predicted octanol–water partition coefficient (Wildman–Crippen LogP) is 2.45. The highest BCUT2D eigenvalue weighted by molar-refractivity contribution is 5.99. The number of aromatic nitrogens is 2. The Labute approximate surface area is 190 Å². The first kappa shape index (κ1) is 23.3. The van der Waals surface area contributed by atoms with E-state index in [1.807, 2.05) is 0 Å². The van der Waals surface area contributed by atoms with Crippen molar-refractivity contribution in [3.8, 4) is 17.2 Å². The second-order valence-electron chi connectivity index (χ2n) is 6.80. The SMILES string of the molecule is CCOC(=O)c1cnn(-c2ccc(C(=O)NNC(=O)c3ccc(OC)c(OC)c3)cc2)c1C.